The lowest BCUT2D eigenvalue weighted by Gasteiger charge is -2.23. The molecular formula is C15H22Cl2N4O. The second-order valence-electron chi connectivity index (χ2n) is 5.31. The summed E-state index contributed by atoms with van der Waals surface area (Å²) in [4.78, 5) is 19.7. The SMILES string of the molecule is Cl.Cl.O=C(CCc1nc2ccccc2[nH]1)N[C@H]1CCCNC1. The summed E-state index contributed by atoms with van der Waals surface area (Å²) in [5.41, 5.74) is 1.98. The first-order valence-corrected chi connectivity index (χ1v) is 7.25. The second kappa shape index (κ2) is 8.98. The molecule has 0 unspecified atom stereocenters. The van der Waals surface area contributed by atoms with Crippen molar-refractivity contribution in [2.24, 2.45) is 0 Å². The lowest BCUT2D eigenvalue weighted by molar-refractivity contribution is -0.121. The maximum atomic E-state index is 11.9. The molecular weight excluding hydrogens is 323 g/mol. The number of halogens is 2. The van der Waals surface area contributed by atoms with Gasteiger partial charge in [-0.1, -0.05) is 12.1 Å². The normalized spacial score (nSPS) is 17.4. The number of hydrogen-bond donors (Lipinski definition) is 3. The van der Waals surface area contributed by atoms with Gasteiger partial charge in [-0.15, -0.1) is 24.8 Å². The Morgan fingerprint density at radius 2 is 2.14 bits per heavy atom. The number of carbonyl (C=O) groups excluding carboxylic acids is 1. The van der Waals surface area contributed by atoms with Gasteiger partial charge in [0.25, 0.3) is 0 Å². The Hall–Kier alpha value is -1.30. The number of benzene rings is 1. The first-order valence-electron chi connectivity index (χ1n) is 7.25. The Bertz CT molecular complexity index is 563. The van der Waals surface area contributed by atoms with Crippen LogP contribution in [0.2, 0.25) is 0 Å². The summed E-state index contributed by atoms with van der Waals surface area (Å²) in [6.45, 7) is 1.95. The van der Waals surface area contributed by atoms with E-state index in [1.54, 1.807) is 0 Å². The molecule has 2 heterocycles. The molecule has 0 aliphatic carbocycles. The van der Waals surface area contributed by atoms with Crippen LogP contribution in [0.25, 0.3) is 11.0 Å². The third-order valence-corrected chi connectivity index (χ3v) is 3.69. The molecule has 3 rings (SSSR count). The van der Waals surface area contributed by atoms with Gasteiger partial charge in [-0.05, 0) is 31.5 Å². The number of fused-ring (bicyclic) bond motifs is 1. The molecule has 1 aromatic carbocycles. The number of aryl methyl sites for hydroxylation is 1. The molecule has 22 heavy (non-hydrogen) atoms. The van der Waals surface area contributed by atoms with Gasteiger partial charge in [-0.3, -0.25) is 4.79 Å². The van der Waals surface area contributed by atoms with E-state index >= 15 is 0 Å². The fourth-order valence-electron chi connectivity index (χ4n) is 2.63. The van der Waals surface area contributed by atoms with Crippen molar-refractivity contribution in [3.05, 3.63) is 30.1 Å². The maximum Gasteiger partial charge on any atom is 0.220 e. The zero-order chi connectivity index (χ0) is 13.8. The van der Waals surface area contributed by atoms with E-state index in [0.717, 1.165) is 42.8 Å². The fourth-order valence-corrected chi connectivity index (χ4v) is 2.63. The summed E-state index contributed by atoms with van der Waals surface area (Å²) >= 11 is 0. The van der Waals surface area contributed by atoms with Gasteiger partial charge in [0.15, 0.2) is 0 Å². The number of piperidine rings is 1. The Morgan fingerprint density at radius 1 is 1.32 bits per heavy atom. The van der Waals surface area contributed by atoms with Gasteiger partial charge >= 0.3 is 0 Å². The largest absolute Gasteiger partial charge is 0.352 e. The van der Waals surface area contributed by atoms with Gasteiger partial charge in [0.05, 0.1) is 11.0 Å². The lowest BCUT2D eigenvalue weighted by atomic mass is 10.1. The van der Waals surface area contributed by atoms with Crippen molar-refractivity contribution in [2.75, 3.05) is 13.1 Å². The average Bonchev–Trinajstić information content (AvgIpc) is 2.89. The molecule has 1 atom stereocenters. The molecule has 0 spiro atoms. The Labute approximate surface area is 142 Å². The number of hydrogen-bond acceptors (Lipinski definition) is 3. The van der Waals surface area contributed by atoms with Crippen molar-refractivity contribution < 1.29 is 4.79 Å². The van der Waals surface area contributed by atoms with Crippen LogP contribution in [0.15, 0.2) is 24.3 Å². The van der Waals surface area contributed by atoms with Crippen molar-refractivity contribution in [2.45, 2.75) is 31.7 Å². The van der Waals surface area contributed by atoms with Gasteiger partial charge in [0.1, 0.15) is 5.82 Å². The highest BCUT2D eigenvalue weighted by Crippen LogP contribution is 2.11. The molecule has 1 aliphatic heterocycles. The summed E-state index contributed by atoms with van der Waals surface area (Å²) in [5.74, 6) is 0.988. The Kier molecular flexibility index (Phi) is 7.65. The van der Waals surface area contributed by atoms with Crippen molar-refractivity contribution in [1.82, 2.24) is 20.6 Å². The smallest absolute Gasteiger partial charge is 0.220 e. The summed E-state index contributed by atoms with van der Waals surface area (Å²) in [5, 5.41) is 6.38. The quantitative estimate of drug-likeness (QED) is 0.796. The number of aromatic amines is 1. The molecule has 2 aromatic rings. The third kappa shape index (κ3) is 4.87. The number of carbonyl (C=O) groups is 1. The lowest BCUT2D eigenvalue weighted by Crippen LogP contribution is -2.45. The van der Waals surface area contributed by atoms with E-state index in [1.807, 2.05) is 24.3 Å². The molecule has 3 N–H and O–H groups in total. The highest BCUT2D eigenvalue weighted by molar-refractivity contribution is 5.85. The van der Waals surface area contributed by atoms with Gasteiger partial charge in [0.2, 0.25) is 5.91 Å². The van der Waals surface area contributed by atoms with E-state index < -0.39 is 0 Å². The highest BCUT2D eigenvalue weighted by atomic mass is 35.5. The maximum absolute atomic E-state index is 11.9. The van der Waals surface area contributed by atoms with Crippen LogP contribution < -0.4 is 10.6 Å². The predicted molar refractivity (Wildman–Crippen MR) is 92.9 cm³/mol. The van der Waals surface area contributed by atoms with Crippen LogP contribution in [0.5, 0.6) is 0 Å². The van der Waals surface area contributed by atoms with E-state index in [9.17, 15) is 4.79 Å². The van der Waals surface area contributed by atoms with E-state index in [2.05, 4.69) is 20.6 Å². The van der Waals surface area contributed by atoms with Crippen molar-refractivity contribution in [3.63, 3.8) is 0 Å². The molecule has 1 amide bonds. The Balaban J connectivity index is 0.00000121. The summed E-state index contributed by atoms with van der Waals surface area (Å²) in [6, 6.07) is 8.21. The van der Waals surface area contributed by atoms with Gasteiger partial charge in [0, 0.05) is 25.4 Å². The van der Waals surface area contributed by atoms with Gasteiger partial charge < -0.3 is 15.6 Å². The summed E-state index contributed by atoms with van der Waals surface area (Å²) in [6.07, 6.45) is 3.34. The summed E-state index contributed by atoms with van der Waals surface area (Å²) in [7, 11) is 0. The fraction of sp³-hybridized carbons (Fsp3) is 0.467. The van der Waals surface area contributed by atoms with Crippen LogP contribution in [0.3, 0.4) is 0 Å². The number of nitrogens with one attached hydrogen (secondary N) is 3. The van der Waals surface area contributed by atoms with E-state index in [0.29, 0.717) is 12.8 Å². The number of aromatic nitrogens is 2. The van der Waals surface area contributed by atoms with Crippen molar-refractivity contribution in [1.29, 1.82) is 0 Å². The third-order valence-electron chi connectivity index (χ3n) is 3.69. The first kappa shape index (κ1) is 18.7. The number of rotatable bonds is 4. The Morgan fingerprint density at radius 3 is 2.86 bits per heavy atom. The minimum Gasteiger partial charge on any atom is -0.352 e. The summed E-state index contributed by atoms with van der Waals surface area (Å²) < 4.78 is 0. The number of imidazole rings is 1. The highest BCUT2D eigenvalue weighted by Gasteiger charge is 2.15. The standard InChI is InChI=1S/C15H20N4O.2ClH/c20-15(17-11-4-3-9-16-10-11)8-7-14-18-12-5-1-2-6-13(12)19-14;;/h1-2,5-6,11,16H,3-4,7-10H2,(H,17,20)(H,18,19);2*1H/t11-;;/m0../s1. The molecule has 0 radical (unpaired) electrons. The van der Waals surface area contributed by atoms with E-state index in [-0.39, 0.29) is 36.8 Å². The van der Waals surface area contributed by atoms with Crippen LogP contribution in [0.1, 0.15) is 25.1 Å². The van der Waals surface area contributed by atoms with Crippen LogP contribution in [0, 0.1) is 0 Å². The number of nitrogens with zero attached hydrogens (tertiary/aromatic N) is 1. The monoisotopic (exact) mass is 344 g/mol. The number of amides is 1. The van der Waals surface area contributed by atoms with Crippen LogP contribution in [-0.4, -0.2) is 35.0 Å². The first-order chi connectivity index (χ1) is 9.81. The number of H-pyrrole nitrogens is 1. The van der Waals surface area contributed by atoms with Gasteiger partial charge in [-0.2, -0.15) is 0 Å². The predicted octanol–water partition coefficient (Wildman–Crippen LogP) is 2.21. The molecule has 1 fully saturated rings. The molecule has 7 heteroatoms. The molecule has 0 bridgehead atoms. The van der Waals surface area contributed by atoms with Crippen molar-refractivity contribution in [3.8, 4) is 0 Å². The van der Waals surface area contributed by atoms with Crippen molar-refractivity contribution >= 4 is 41.8 Å². The molecule has 5 nitrogen and oxygen atoms in total. The number of para-hydroxylation sites is 2. The van der Waals surface area contributed by atoms with Gasteiger partial charge in [-0.25, -0.2) is 4.98 Å². The minimum absolute atomic E-state index is 0. The molecule has 1 saturated heterocycles. The molecule has 0 saturated carbocycles. The molecule has 1 aliphatic rings. The average molecular weight is 345 g/mol. The van der Waals surface area contributed by atoms with Crippen LogP contribution >= 0.6 is 24.8 Å². The molecule has 122 valence electrons. The van der Waals surface area contributed by atoms with E-state index in [1.165, 1.54) is 0 Å². The minimum atomic E-state index is 0. The van der Waals surface area contributed by atoms with E-state index in [4.69, 9.17) is 0 Å². The topological polar surface area (TPSA) is 69.8 Å². The second-order valence-corrected chi connectivity index (χ2v) is 5.31. The van der Waals surface area contributed by atoms with Crippen LogP contribution in [0.4, 0.5) is 0 Å². The van der Waals surface area contributed by atoms with Crippen LogP contribution in [-0.2, 0) is 11.2 Å². The zero-order valence-corrected chi connectivity index (χ0v) is 13.9. The zero-order valence-electron chi connectivity index (χ0n) is 12.3. The molecule has 1 aromatic heterocycles.